The first-order valence-corrected chi connectivity index (χ1v) is 21.4. The Balaban J connectivity index is 1.03. The van der Waals surface area contributed by atoms with Crippen molar-refractivity contribution in [3.8, 4) is 44.5 Å². The Labute approximate surface area is 350 Å². The summed E-state index contributed by atoms with van der Waals surface area (Å²) in [6, 6.07) is 69.7. The number of fused-ring (bicyclic) bond motifs is 8. The fourth-order valence-corrected chi connectivity index (χ4v) is 11.2. The number of hydrogen-bond donors (Lipinski definition) is 0. The molecule has 0 fully saturated rings. The number of nitrogens with zero attached hydrogens (tertiary/aromatic N) is 1. The number of hydrogen-bond acceptors (Lipinski definition) is 2. The molecule has 0 unspecified atom stereocenters. The highest BCUT2D eigenvalue weighted by molar-refractivity contribution is 7.27. The van der Waals surface area contributed by atoms with Crippen LogP contribution < -0.4 is 4.90 Å². The monoisotopic (exact) mass is 773 g/mol. The summed E-state index contributed by atoms with van der Waals surface area (Å²) in [5, 5.41) is 5.26. The van der Waals surface area contributed by atoms with Gasteiger partial charge in [-0.1, -0.05) is 166 Å². The largest absolute Gasteiger partial charge is 0.310 e. The molecule has 0 spiro atoms. The molecule has 0 saturated carbocycles. The molecule has 1 aliphatic carbocycles. The van der Waals surface area contributed by atoms with E-state index in [1.807, 2.05) is 11.3 Å². The molecule has 10 aromatic rings. The standard InChI is InChI=1S/C57H43NS/c1-36-34-42(38-14-6-5-7-15-38)35-37(2)54(36)58(43-29-24-40(25-30-43)45-19-13-23-52-53(45)50-18-10-11-22-51(50)57(52,3)4)44-31-26-41(27-32-44)47-20-12-21-48-49-33-28-39-16-8-9-17-46(39)56(49)59-55(47)48/h5-35H,1-4H3. The van der Waals surface area contributed by atoms with E-state index in [1.165, 1.54) is 103 Å². The number of aryl methyl sites for hydroxylation is 2. The molecular formula is C57H43NS. The maximum atomic E-state index is 2.45. The molecule has 0 bridgehead atoms. The van der Waals surface area contributed by atoms with Crippen LogP contribution in [0.4, 0.5) is 17.1 Å². The second-order valence-corrected chi connectivity index (χ2v) is 17.6. The van der Waals surface area contributed by atoms with Crippen LogP contribution in [0.15, 0.2) is 188 Å². The molecule has 0 atom stereocenters. The highest BCUT2D eigenvalue weighted by Crippen LogP contribution is 2.52. The van der Waals surface area contributed by atoms with Crippen molar-refractivity contribution in [3.63, 3.8) is 0 Å². The fourth-order valence-electron chi connectivity index (χ4n) is 9.84. The topological polar surface area (TPSA) is 3.24 Å². The Bertz CT molecular complexity index is 3220. The first-order valence-electron chi connectivity index (χ1n) is 20.6. The van der Waals surface area contributed by atoms with Gasteiger partial charge in [0.05, 0.1) is 5.69 Å². The van der Waals surface area contributed by atoms with Crippen LogP contribution in [-0.2, 0) is 5.41 Å². The quantitative estimate of drug-likeness (QED) is 0.163. The molecule has 59 heavy (non-hydrogen) atoms. The summed E-state index contributed by atoms with van der Waals surface area (Å²) in [5.41, 5.74) is 18.9. The van der Waals surface area contributed by atoms with Crippen molar-refractivity contribution in [1.82, 2.24) is 0 Å². The van der Waals surface area contributed by atoms with Crippen molar-refractivity contribution in [3.05, 3.63) is 210 Å². The smallest absolute Gasteiger partial charge is 0.0520 e. The minimum absolute atomic E-state index is 0.0390. The third-order valence-electron chi connectivity index (χ3n) is 12.7. The van der Waals surface area contributed by atoms with Crippen LogP contribution in [0.5, 0.6) is 0 Å². The van der Waals surface area contributed by atoms with Gasteiger partial charge in [0, 0.05) is 37.0 Å². The van der Waals surface area contributed by atoms with Gasteiger partial charge in [0.15, 0.2) is 0 Å². The minimum Gasteiger partial charge on any atom is -0.310 e. The second-order valence-electron chi connectivity index (χ2n) is 16.6. The number of rotatable bonds is 6. The van der Waals surface area contributed by atoms with Gasteiger partial charge in [0.25, 0.3) is 0 Å². The van der Waals surface area contributed by atoms with Crippen molar-refractivity contribution in [2.75, 3.05) is 4.90 Å². The average molecular weight is 774 g/mol. The van der Waals surface area contributed by atoms with Crippen LogP contribution >= 0.6 is 11.3 Å². The molecule has 0 aliphatic heterocycles. The molecule has 0 N–H and O–H groups in total. The number of anilines is 3. The zero-order chi connectivity index (χ0) is 39.8. The normalized spacial score (nSPS) is 12.9. The van der Waals surface area contributed by atoms with Gasteiger partial charge in [-0.05, 0) is 128 Å². The molecule has 1 heterocycles. The summed E-state index contributed by atoms with van der Waals surface area (Å²) < 4.78 is 2.69. The lowest BCUT2D eigenvalue weighted by atomic mass is 9.82. The van der Waals surface area contributed by atoms with Gasteiger partial charge in [-0.2, -0.15) is 0 Å². The third-order valence-corrected chi connectivity index (χ3v) is 14.0. The van der Waals surface area contributed by atoms with Gasteiger partial charge in [-0.3, -0.25) is 0 Å². The predicted molar refractivity (Wildman–Crippen MR) is 255 cm³/mol. The Kier molecular flexibility index (Phi) is 8.22. The van der Waals surface area contributed by atoms with E-state index in [1.54, 1.807) is 0 Å². The molecule has 11 rings (SSSR count). The average Bonchev–Trinajstić information content (AvgIpc) is 3.78. The highest BCUT2D eigenvalue weighted by atomic mass is 32.1. The van der Waals surface area contributed by atoms with Crippen molar-refractivity contribution in [2.24, 2.45) is 0 Å². The summed E-state index contributed by atoms with van der Waals surface area (Å²) in [6.07, 6.45) is 0. The zero-order valence-electron chi connectivity index (χ0n) is 33.8. The van der Waals surface area contributed by atoms with E-state index >= 15 is 0 Å². The lowest BCUT2D eigenvalue weighted by molar-refractivity contribution is 0.660. The van der Waals surface area contributed by atoms with Crippen molar-refractivity contribution < 1.29 is 0 Å². The Morgan fingerprint density at radius 3 is 1.71 bits per heavy atom. The number of thiophene rings is 1. The van der Waals surface area contributed by atoms with Crippen LogP contribution in [-0.4, -0.2) is 0 Å². The predicted octanol–water partition coefficient (Wildman–Crippen LogP) is 16.6. The van der Waals surface area contributed by atoms with Gasteiger partial charge in [0.2, 0.25) is 0 Å². The van der Waals surface area contributed by atoms with E-state index in [9.17, 15) is 0 Å². The van der Waals surface area contributed by atoms with E-state index in [2.05, 4.69) is 221 Å². The van der Waals surface area contributed by atoms with E-state index in [-0.39, 0.29) is 5.41 Å². The van der Waals surface area contributed by atoms with E-state index in [0.717, 1.165) is 11.4 Å². The molecule has 0 amide bonds. The zero-order valence-corrected chi connectivity index (χ0v) is 34.6. The van der Waals surface area contributed by atoms with E-state index < -0.39 is 0 Å². The third kappa shape index (κ3) is 5.66. The van der Waals surface area contributed by atoms with E-state index in [4.69, 9.17) is 0 Å². The van der Waals surface area contributed by atoms with Crippen molar-refractivity contribution >= 4 is 59.3 Å². The van der Waals surface area contributed by atoms with Crippen LogP contribution in [0.2, 0.25) is 0 Å². The summed E-state index contributed by atoms with van der Waals surface area (Å²) in [6.45, 7) is 9.21. The first kappa shape index (κ1) is 35.4. The minimum atomic E-state index is -0.0390. The van der Waals surface area contributed by atoms with Crippen molar-refractivity contribution in [2.45, 2.75) is 33.1 Å². The number of benzene rings is 9. The lowest BCUT2D eigenvalue weighted by Gasteiger charge is -2.29. The molecule has 282 valence electrons. The second kappa shape index (κ2) is 13.7. The fraction of sp³-hybridized carbons (Fsp3) is 0.0877. The van der Waals surface area contributed by atoms with Crippen LogP contribution in [0, 0.1) is 13.8 Å². The summed E-state index contributed by atoms with van der Waals surface area (Å²) in [7, 11) is 0. The Morgan fingerprint density at radius 2 is 0.966 bits per heavy atom. The Morgan fingerprint density at radius 1 is 0.407 bits per heavy atom. The summed E-state index contributed by atoms with van der Waals surface area (Å²) >= 11 is 1.91. The lowest BCUT2D eigenvalue weighted by Crippen LogP contribution is -2.14. The molecule has 9 aromatic carbocycles. The maximum Gasteiger partial charge on any atom is 0.0520 e. The molecule has 1 aromatic heterocycles. The molecule has 0 saturated heterocycles. The van der Waals surface area contributed by atoms with Gasteiger partial charge < -0.3 is 4.90 Å². The maximum absolute atomic E-state index is 2.45. The van der Waals surface area contributed by atoms with Crippen LogP contribution in [0.3, 0.4) is 0 Å². The SMILES string of the molecule is Cc1cc(-c2ccccc2)cc(C)c1N(c1ccc(-c2cccc3c2-c2ccccc2C3(C)C)cc1)c1ccc(-c2cccc3c2sc2c4ccccc4ccc32)cc1. The molecule has 1 aliphatic rings. The van der Waals surface area contributed by atoms with Gasteiger partial charge in [0.1, 0.15) is 0 Å². The first-order chi connectivity index (χ1) is 28.8. The van der Waals surface area contributed by atoms with Gasteiger partial charge in [-0.15, -0.1) is 11.3 Å². The van der Waals surface area contributed by atoms with E-state index in [0.29, 0.717) is 0 Å². The molecule has 2 heteroatoms. The highest BCUT2D eigenvalue weighted by Gasteiger charge is 2.36. The van der Waals surface area contributed by atoms with Gasteiger partial charge in [-0.25, -0.2) is 0 Å². The molecule has 1 nitrogen and oxygen atoms in total. The summed E-state index contributed by atoms with van der Waals surface area (Å²) in [4.78, 5) is 2.45. The molecule has 0 radical (unpaired) electrons. The molecular weight excluding hydrogens is 731 g/mol. The van der Waals surface area contributed by atoms with Crippen molar-refractivity contribution in [1.29, 1.82) is 0 Å². The Hall–Kier alpha value is -6.74. The van der Waals surface area contributed by atoms with Gasteiger partial charge >= 0.3 is 0 Å². The summed E-state index contributed by atoms with van der Waals surface area (Å²) in [5.74, 6) is 0. The van der Waals surface area contributed by atoms with Crippen LogP contribution in [0.1, 0.15) is 36.1 Å². The van der Waals surface area contributed by atoms with Crippen LogP contribution in [0.25, 0.3) is 75.5 Å².